The van der Waals surface area contributed by atoms with Gasteiger partial charge in [-0.3, -0.25) is 9.69 Å². The van der Waals surface area contributed by atoms with Crippen molar-refractivity contribution in [3.63, 3.8) is 0 Å². The number of hydrogen-bond acceptors (Lipinski definition) is 10. The van der Waals surface area contributed by atoms with Gasteiger partial charge in [0, 0.05) is 6.54 Å². The number of carbonyl (C=O) groups excluding carboxylic acids is 2. The lowest BCUT2D eigenvalue weighted by atomic mass is 9.77. The second-order valence-electron chi connectivity index (χ2n) is 11.4. The number of fused-ring (bicyclic) bond motifs is 3. The second kappa shape index (κ2) is 9.73. The van der Waals surface area contributed by atoms with E-state index in [0.29, 0.717) is 17.3 Å². The van der Waals surface area contributed by atoms with Crippen molar-refractivity contribution in [3.05, 3.63) is 35.1 Å². The highest BCUT2D eigenvalue weighted by atomic mass is 16.7. The largest absolute Gasteiger partial charge is 0.497 e. The standard InChI is InChI=1S/C28H37NO9/c1-26(2,32)8-9-28(33,15-22(30)35-4)25(31)38-24-21(34-3)14-27-7-5-10-29(27)11-6-17-12-19-20(37-16-36-19)13-18(17)23(24)27/h12-14,23-24,32-33H,5-11,15-16H2,1-4H3/t23-,24-,27+,28+/m0/s1. The van der Waals surface area contributed by atoms with Crippen LogP contribution in [0.4, 0.5) is 0 Å². The normalized spacial score (nSPS) is 27.4. The summed E-state index contributed by atoms with van der Waals surface area (Å²) in [5.74, 6) is -0.163. The van der Waals surface area contributed by atoms with Crippen molar-refractivity contribution in [1.82, 2.24) is 4.90 Å². The first-order chi connectivity index (χ1) is 18.0. The summed E-state index contributed by atoms with van der Waals surface area (Å²) < 4.78 is 28.0. The maximum Gasteiger partial charge on any atom is 0.339 e. The number of methoxy groups -OCH3 is 2. The van der Waals surface area contributed by atoms with Gasteiger partial charge in [0.25, 0.3) is 0 Å². The highest BCUT2D eigenvalue weighted by molar-refractivity contribution is 5.86. The van der Waals surface area contributed by atoms with Crippen LogP contribution in [0.3, 0.4) is 0 Å². The Balaban J connectivity index is 1.53. The van der Waals surface area contributed by atoms with Crippen molar-refractivity contribution in [3.8, 4) is 11.5 Å². The number of carbonyl (C=O) groups is 2. The van der Waals surface area contributed by atoms with E-state index in [0.717, 1.165) is 43.5 Å². The van der Waals surface area contributed by atoms with Gasteiger partial charge in [0.2, 0.25) is 6.79 Å². The molecule has 0 radical (unpaired) electrons. The number of rotatable bonds is 8. The Morgan fingerprint density at radius 1 is 1.13 bits per heavy atom. The van der Waals surface area contributed by atoms with E-state index in [4.69, 9.17) is 23.7 Å². The summed E-state index contributed by atoms with van der Waals surface area (Å²) in [5.41, 5.74) is -1.69. The molecule has 1 saturated heterocycles. The van der Waals surface area contributed by atoms with Gasteiger partial charge >= 0.3 is 11.9 Å². The zero-order valence-electron chi connectivity index (χ0n) is 22.5. The molecule has 1 aromatic carbocycles. The van der Waals surface area contributed by atoms with Crippen LogP contribution in [-0.2, 0) is 30.2 Å². The summed E-state index contributed by atoms with van der Waals surface area (Å²) in [5, 5.41) is 21.7. The molecular weight excluding hydrogens is 494 g/mol. The van der Waals surface area contributed by atoms with Crippen LogP contribution in [0.5, 0.6) is 11.5 Å². The maximum absolute atomic E-state index is 13.7. The summed E-state index contributed by atoms with van der Waals surface area (Å²) in [4.78, 5) is 28.3. The lowest BCUT2D eigenvalue weighted by Crippen LogP contribution is -2.49. The third-order valence-electron chi connectivity index (χ3n) is 8.39. The molecule has 0 unspecified atom stereocenters. The Hall–Kier alpha value is -2.82. The van der Waals surface area contributed by atoms with E-state index in [9.17, 15) is 19.8 Å². The highest BCUT2D eigenvalue weighted by Crippen LogP contribution is 2.55. The first kappa shape index (κ1) is 26.8. The van der Waals surface area contributed by atoms with Crippen molar-refractivity contribution in [2.24, 2.45) is 0 Å². The quantitative estimate of drug-likeness (QED) is 0.483. The van der Waals surface area contributed by atoms with Crippen LogP contribution in [0.2, 0.25) is 0 Å². The Morgan fingerprint density at radius 3 is 2.55 bits per heavy atom. The van der Waals surface area contributed by atoms with Gasteiger partial charge in [-0.25, -0.2) is 4.79 Å². The molecule has 208 valence electrons. The molecule has 38 heavy (non-hydrogen) atoms. The third-order valence-corrected chi connectivity index (χ3v) is 8.39. The van der Waals surface area contributed by atoms with Gasteiger partial charge in [-0.15, -0.1) is 0 Å². The summed E-state index contributed by atoms with van der Waals surface area (Å²) in [7, 11) is 2.74. The van der Waals surface area contributed by atoms with Gasteiger partial charge in [0.05, 0.1) is 37.7 Å². The van der Waals surface area contributed by atoms with Crippen molar-refractivity contribution < 1.29 is 43.5 Å². The number of esters is 2. The summed E-state index contributed by atoms with van der Waals surface area (Å²) in [6, 6.07) is 3.99. The van der Waals surface area contributed by atoms with Gasteiger partial charge in [-0.05, 0) is 81.8 Å². The molecule has 2 N–H and O–H groups in total. The Kier molecular flexibility index (Phi) is 6.86. The van der Waals surface area contributed by atoms with E-state index in [-0.39, 0.29) is 25.6 Å². The van der Waals surface area contributed by atoms with Gasteiger partial charge in [-0.2, -0.15) is 0 Å². The highest BCUT2D eigenvalue weighted by Gasteiger charge is 2.59. The molecule has 10 nitrogen and oxygen atoms in total. The lowest BCUT2D eigenvalue weighted by Gasteiger charge is -2.39. The van der Waals surface area contributed by atoms with Crippen LogP contribution >= 0.6 is 0 Å². The zero-order valence-corrected chi connectivity index (χ0v) is 22.5. The van der Waals surface area contributed by atoms with E-state index < -0.39 is 41.2 Å². The van der Waals surface area contributed by atoms with Gasteiger partial charge in [-0.1, -0.05) is 0 Å². The molecule has 0 bridgehead atoms. The third kappa shape index (κ3) is 4.63. The van der Waals surface area contributed by atoms with Crippen LogP contribution in [0.1, 0.15) is 63.0 Å². The van der Waals surface area contributed by atoms with E-state index in [1.807, 2.05) is 12.1 Å². The van der Waals surface area contributed by atoms with Crippen LogP contribution in [0.25, 0.3) is 0 Å². The van der Waals surface area contributed by atoms with E-state index >= 15 is 0 Å². The van der Waals surface area contributed by atoms with E-state index in [1.54, 1.807) is 21.0 Å². The minimum Gasteiger partial charge on any atom is -0.497 e. The number of nitrogens with zero attached hydrogens (tertiary/aromatic N) is 1. The van der Waals surface area contributed by atoms with Crippen LogP contribution in [0.15, 0.2) is 24.0 Å². The number of hydrogen-bond donors (Lipinski definition) is 2. The topological polar surface area (TPSA) is 124 Å². The van der Waals surface area contributed by atoms with E-state index in [2.05, 4.69) is 11.0 Å². The molecule has 3 heterocycles. The molecule has 1 spiro atoms. The smallest absolute Gasteiger partial charge is 0.339 e. The van der Waals surface area contributed by atoms with Crippen molar-refractivity contribution in [2.75, 3.05) is 34.1 Å². The van der Waals surface area contributed by atoms with Gasteiger partial charge in [0.15, 0.2) is 23.2 Å². The summed E-state index contributed by atoms with van der Waals surface area (Å²) in [6.07, 6.45) is 3.18. The van der Waals surface area contributed by atoms with Crippen molar-refractivity contribution in [1.29, 1.82) is 0 Å². The van der Waals surface area contributed by atoms with E-state index in [1.165, 1.54) is 7.11 Å². The lowest BCUT2D eigenvalue weighted by molar-refractivity contribution is -0.179. The SMILES string of the molecule is COC(=O)C[C@](O)(CCC(C)(C)O)C(=O)O[C@H]1C(OC)=C[C@@]23CCCN2CCc2cc4c(cc2[C@@H]13)OCO4. The van der Waals surface area contributed by atoms with Crippen LogP contribution in [-0.4, -0.2) is 84.0 Å². The minimum atomic E-state index is -2.18. The maximum atomic E-state index is 13.7. The molecule has 4 aliphatic rings. The molecule has 5 rings (SSSR count). The molecule has 0 amide bonds. The minimum absolute atomic E-state index is 0.0701. The molecule has 1 fully saturated rings. The van der Waals surface area contributed by atoms with Crippen LogP contribution < -0.4 is 9.47 Å². The fraction of sp³-hybridized carbons (Fsp3) is 0.643. The summed E-state index contributed by atoms with van der Waals surface area (Å²) in [6.45, 7) is 5.04. The predicted molar refractivity (Wildman–Crippen MR) is 135 cm³/mol. The molecule has 4 atom stereocenters. The van der Waals surface area contributed by atoms with Gasteiger partial charge < -0.3 is 33.9 Å². The molecule has 3 aliphatic heterocycles. The van der Waals surface area contributed by atoms with Crippen molar-refractivity contribution in [2.45, 2.75) is 81.1 Å². The van der Waals surface area contributed by atoms with Crippen LogP contribution in [0, 0.1) is 0 Å². The molecule has 10 heteroatoms. The Bertz CT molecular complexity index is 1140. The number of benzene rings is 1. The average Bonchev–Trinajstić information content (AvgIpc) is 3.56. The monoisotopic (exact) mass is 531 g/mol. The molecular formula is C28H37NO9. The fourth-order valence-corrected chi connectivity index (χ4v) is 6.41. The van der Waals surface area contributed by atoms with Gasteiger partial charge in [0.1, 0.15) is 5.76 Å². The summed E-state index contributed by atoms with van der Waals surface area (Å²) >= 11 is 0. The molecule has 1 aromatic rings. The Labute approximate surface area is 222 Å². The zero-order chi connectivity index (χ0) is 27.3. The average molecular weight is 532 g/mol. The number of aliphatic hydroxyl groups is 2. The molecule has 0 aromatic heterocycles. The fourth-order valence-electron chi connectivity index (χ4n) is 6.41. The Morgan fingerprint density at radius 2 is 1.87 bits per heavy atom. The number of ether oxygens (including phenoxy) is 5. The van der Waals surface area contributed by atoms with Crippen molar-refractivity contribution >= 4 is 11.9 Å². The first-order valence-electron chi connectivity index (χ1n) is 13.2. The molecule has 1 aliphatic carbocycles. The molecule has 0 saturated carbocycles. The first-order valence-corrected chi connectivity index (χ1v) is 13.2. The predicted octanol–water partition coefficient (Wildman–Crippen LogP) is 2.19. The second-order valence-corrected chi connectivity index (χ2v) is 11.4.